The zero-order valence-electron chi connectivity index (χ0n) is 37.5. The summed E-state index contributed by atoms with van der Waals surface area (Å²) in [4.78, 5) is 57.1. The Kier molecular flexibility index (Phi) is 12.0. The number of piperidine rings is 1. The predicted molar refractivity (Wildman–Crippen MR) is 243 cm³/mol. The van der Waals surface area contributed by atoms with Gasteiger partial charge in [0.1, 0.15) is 12.1 Å². The summed E-state index contributed by atoms with van der Waals surface area (Å²) in [6, 6.07) is 7.99. The van der Waals surface area contributed by atoms with Crippen molar-refractivity contribution in [2.24, 2.45) is 23.2 Å². The highest BCUT2D eigenvalue weighted by Crippen LogP contribution is 2.46. The van der Waals surface area contributed by atoms with Crippen LogP contribution < -0.4 is 15.6 Å². The number of amides is 2. The zero-order chi connectivity index (χ0) is 43.4. The highest BCUT2D eigenvalue weighted by Gasteiger charge is 2.49. The predicted octanol–water partition coefficient (Wildman–Crippen LogP) is 6.78. The minimum Gasteiger partial charge on any atom is -0.464 e. The van der Waals surface area contributed by atoms with Gasteiger partial charge in [-0.2, -0.15) is 0 Å². The number of anilines is 1. The molecule has 6 bridgehead atoms. The van der Waals surface area contributed by atoms with Crippen LogP contribution >= 0.6 is 11.3 Å². The number of nitrogens with one attached hydrogen (secondary N) is 2. The molecule has 3 saturated heterocycles. The number of cyclic esters (lactones) is 1. The number of thiazole rings is 1. The van der Waals surface area contributed by atoms with Crippen molar-refractivity contribution in [3.63, 3.8) is 0 Å². The molecule has 4 aliphatic heterocycles. The molecule has 1 aromatic carbocycles. The second-order valence-electron chi connectivity index (χ2n) is 19.3. The van der Waals surface area contributed by atoms with Gasteiger partial charge in [0.05, 0.1) is 46.7 Å². The van der Waals surface area contributed by atoms with E-state index in [9.17, 15) is 14.4 Å². The molecule has 2 amide bonds. The van der Waals surface area contributed by atoms with E-state index >= 15 is 0 Å². The molecule has 4 aromatic rings. The number of piperazine rings is 1. The van der Waals surface area contributed by atoms with Crippen LogP contribution in [0.2, 0.25) is 0 Å². The van der Waals surface area contributed by atoms with Crippen LogP contribution in [0.1, 0.15) is 96.0 Å². The lowest BCUT2D eigenvalue weighted by Crippen LogP contribution is -2.60. The van der Waals surface area contributed by atoms with E-state index in [4.69, 9.17) is 19.4 Å². The van der Waals surface area contributed by atoms with E-state index in [1.807, 2.05) is 6.20 Å². The molecule has 0 radical (unpaired) electrons. The van der Waals surface area contributed by atoms with Crippen LogP contribution in [0.15, 0.2) is 35.8 Å². The number of hydrogen-bond acceptors (Lipinski definition) is 11. The van der Waals surface area contributed by atoms with Crippen molar-refractivity contribution in [2.45, 2.75) is 117 Å². The Morgan fingerprint density at radius 3 is 2.68 bits per heavy atom. The third-order valence-electron chi connectivity index (χ3n) is 14.5. The highest BCUT2D eigenvalue weighted by atomic mass is 32.1. The van der Waals surface area contributed by atoms with Gasteiger partial charge in [0.25, 0.3) is 5.91 Å². The van der Waals surface area contributed by atoms with Crippen molar-refractivity contribution in [3.05, 3.63) is 52.1 Å². The molecule has 62 heavy (non-hydrogen) atoms. The number of benzene rings is 1. The number of aryl methyl sites for hydroxylation is 1. The number of nitrogens with zero attached hydrogens (tertiary/aromatic N) is 6. The number of fused-ring (bicyclic) bond motifs is 7. The molecule has 0 unspecified atom stereocenters. The van der Waals surface area contributed by atoms with E-state index in [-0.39, 0.29) is 54.7 Å². The van der Waals surface area contributed by atoms with Gasteiger partial charge < -0.3 is 24.3 Å². The average Bonchev–Trinajstić information content (AvgIpc) is 3.54. The summed E-state index contributed by atoms with van der Waals surface area (Å²) in [7, 11) is 1.74. The first-order valence-corrected chi connectivity index (χ1v) is 23.9. The van der Waals surface area contributed by atoms with Crippen LogP contribution in [0.5, 0.6) is 0 Å². The first kappa shape index (κ1) is 42.9. The Labute approximate surface area is 369 Å². The number of carbonyl (C=O) groups excluding carboxylic acids is 3. The van der Waals surface area contributed by atoms with Gasteiger partial charge in [-0.3, -0.25) is 29.3 Å². The average molecular weight is 865 g/mol. The number of pyridine rings is 1. The fourth-order valence-corrected chi connectivity index (χ4v) is 11.4. The van der Waals surface area contributed by atoms with Crippen molar-refractivity contribution < 1.29 is 23.9 Å². The Bertz CT molecular complexity index is 2330. The lowest BCUT2D eigenvalue weighted by Gasteiger charge is -2.45. The van der Waals surface area contributed by atoms with Gasteiger partial charge in [0, 0.05) is 91.0 Å². The highest BCUT2D eigenvalue weighted by molar-refractivity contribution is 7.10. The molecular formula is C48H64N8O5S. The molecule has 14 heteroatoms. The maximum atomic E-state index is 14.2. The van der Waals surface area contributed by atoms with Crippen LogP contribution in [-0.2, 0) is 43.2 Å². The van der Waals surface area contributed by atoms with Crippen molar-refractivity contribution in [2.75, 3.05) is 51.3 Å². The SMILES string of the molecule is CCn1c(-c2cc(N3CCN4CCCC[C@@H]4C3)cnc2[C@H](C)OC)c2c3cc(ccc31)-c1csc(n1)C[C@H](NC(=O)[C@H]1[C@H](C)[C@@H]1C)C(=O)N1CCC[C@H](N1)C(=O)OCC(C)(C)C2. The largest absolute Gasteiger partial charge is 0.464 e. The maximum Gasteiger partial charge on any atom is 0.324 e. The maximum absolute atomic E-state index is 14.2. The zero-order valence-corrected chi connectivity index (χ0v) is 38.4. The summed E-state index contributed by atoms with van der Waals surface area (Å²) >= 11 is 1.50. The third kappa shape index (κ3) is 8.28. The molecule has 332 valence electrons. The van der Waals surface area contributed by atoms with E-state index < -0.39 is 17.5 Å². The van der Waals surface area contributed by atoms with E-state index in [0.29, 0.717) is 31.8 Å². The van der Waals surface area contributed by atoms with Crippen LogP contribution in [0.4, 0.5) is 5.69 Å². The number of hydrogen-bond donors (Lipinski definition) is 2. The van der Waals surface area contributed by atoms with Crippen molar-refractivity contribution in [1.82, 2.24) is 35.2 Å². The van der Waals surface area contributed by atoms with Gasteiger partial charge in [-0.05, 0) is 88.1 Å². The normalized spacial score (nSPS) is 27.3. The second kappa shape index (κ2) is 17.3. The Morgan fingerprint density at radius 2 is 1.90 bits per heavy atom. The molecule has 2 N–H and O–H groups in total. The first-order chi connectivity index (χ1) is 29.8. The molecule has 1 saturated carbocycles. The molecule has 5 aliphatic rings. The Morgan fingerprint density at radius 1 is 1.08 bits per heavy atom. The summed E-state index contributed by atoms with van der Waals surface area (Å²) in [5.41, 5.74) is 11.0. The number of esters is 1. The summed E-state index contributed by atoms with van der Waals surface area (Å²) < 4.78 is 14.6. The third-order valence-corrected chi connectivity index (χ3v) is 15.4. The number of ether oxygens (including phenoxy) is 2. The van der Waals surface area contributed by atoms with E-state index in [1.54, 1.807) is 7.11 Å². The summed E-state index contributed by atoms with van der Waals surface area (Å²) in [6.45, 7) is 18.3. The van der Waals surface area contributed by atoms with Gasteiger partial charge in [-0.15, -0.1) is 11.3 Å². The molecule has 1 aliphatic carbocycles. The van der Waals surface area contributed by atoms with Gasteiger partial charge in [-0.25, -0.2) is 10.4 Å². The summed E-state index contributed by atoms with van der Waals surface area (Å²) in [6.07, 6.45) is 7.64. The second-order valence-corrected chi connectivity index (χ2v) is 20.3. The smallest absolute Gasteiger partial charge is 0.324 e. The minimum absolute atomic E-state index is 0.109. The van der Waals surface area contributed by atoms with E-state index in [0.717, 1.165) is 76.0 Å². The van der Waals surface area contributed by atoms with Crippen molar-refractivity contribution in [3.8, 4) is 22.5 Å². The van der Waals surface area contributed by atoms with E-state index in [1.165, 1.54) is 47.7 Å². The van der Waals surface area contributed by atoms with Crippen LogP contribution in [0.3, 0.4) is 0 Å². The number of rotatable bonds is 7. The molecule has 7 heterocycles. The van der Waals surface area contributed by atoms with Crippen molar-refractivity contribution in [1.29, 1.82) is 0 Å². The molecule has 3 aromatic heterocycles. The summed E-state index contributed by atoms with van der Waals surface area (Å²) in [5, 5.41) is 8.54. The van der Waals surface area contributed by atoms with Gasteiger partial charge >= 0.3 is 5.97 Å². The number of carbonyl (C=O) groups is 3. The standard InChI is InChI=1S/C48H64N8O5S/c1-8-55-40-15-14-31-20-34(40)36(44(55)35-21-33(24-49-43(35)30(4)60-7)54-19-18-53-16-10-9-12-32(53)25-54)23-48(5,6)27-61-47(59)37-13-11-17-56(52-37)46(58)38(22-41-50-39(31)26-62-41)51-45(57)42-28(2)29(42)3/h14-15,20-21,24,26,28-30,32,37-38,42,52H,8-13,16-19,22-23,25,27H2,1-7H3,(H,51,57)/t28-,29+,30-,32+,37-,38-,42+/m0/s1. The number of methoxy groups -OCH3 is 1. The van der Waals surface area contributed by atoms with Crippen LogP contribution in [0.25, 0.3) is 33.4 Å². The Hall–Kier alpha value is -4.37. The van der Waals surface area contributed by atoms with Crippen LogP contribution in [-0.4, -0.2) is 107 Å². The van der Waals surface area contributed by atoms with Crippen molar-refractivity contribution >= 4 is 45.7 Å². The molecule has 7 atom stereocenters. The number of aromatic nitrogens is 3. The monoisotopic (exact) mass is 864 g/mol. The lowest BCUT2D eigenvalue weighted by molar-refractivity contribution is -0.155. The number of hydrazine groups is 1. The van der Waals surface area contributed by atoms with Gasteiger partial charge in [0.2, 0.25) is 5.91 Å². The van der Waals surface area contributed by atoms with Crippen LogP contribution in [0, 0.1) is 23.2 Å². The molecule has 4 fully saturated rings. The molecule has 9 rings (SSSR count). The lowest BCUT2D eigenvalue weighted by atomic mass is 9.84. The van der Waals surface area contributed by atoms with E-state index in [2.05, 4.69) is 96.3 Å². The Balaban J connectivity index is 1.15. The first-order valence-electron chi connectivity index (χ1n) is 23.0. The summed E-state index contributed by atoms with van der Waals surface area (Å²) in [5.74, 6) is -0.352. The molecular weight excluding hydrogens is 801 g/mol. The molecule has 0 spiro atoms. The van der Waals surface area contributed by atoms with Gasteiger partial charge in [0.15, 0.2) is 0 Å². The topological polar surface area (TPSA) is 134 Å². The van der Waals surface area contributed by atoms with Gasteiger partial charge in [-0.1, -0.05) is 40.2 Å². The quantitative estimate of drug-likeness (QED) is 0.192. The fourth-order valence-electron chi connectivity index (χ4n) is 10.6. The molecule has 13 nitrogen and oxygen atoms in total. The fraction of sp³-hybridized carbons (Fsp3) is 0.604. The minimum atomic E-state index is -0.837.